The molecular formula is C14H16O3S. The fourth-order valence-electron chi connectivity index (χ4n) is 1.90. The molecule has 18 heavy (non-hydrogen) atoms. The van der Waals surface area contributed by atoms with Crippen molar-refractivity contribution in [2.24, 2.45) is 0 Å². The van der Waals surface area contributed by atoms with E-state index in [0.717, 1.165) is 16.7 Å². The summed E-state index contributed by atoms with van der Waals surface area (Å²) in [6, 6.07) is 5.63. The molecule has 0 saturated heterocycles. The van der Waals surface area contributed by atoms with E-state index in [2.05, 4.69) is 0 Å². The van der Waals surface area contributed by atoms with Crippen molar-refractivity contribution in [2.45, 2.75) is 13.0 Å². The van der Waals surface area contributed by atoms with Crippen LogP contribution >= 0.6 is 11.3 Å². The van der Waals surface area contributed by atoms with Gasteiger partial charge in [0.15, 0.2) is 11.5 Å². The predicted molar refractivity (Wildman–Crippen MR) is 72.7 cm³/mol. The minimum absolute atomic E-state index is 0.629. The van der Waals surface area contributed by atoms with Crippen molar-refractivity contribution in [3.8, 4) is 11.5 Å². The van der Waals surface area contributed by atoms with Crippen LogP contribution in [0.2, 0.25) is 0 Å². The van der Waals surface area contributed by atoms with Gasteiger partial charge in [0.2, 0.25) is 0 Å². The lowest BCUT2D eigenvalue weighted by Crippen LogP contribution is -2.02. The maximum atomic E-state index is 10.4. The Morgan fingerprint density at radius 3 is 2.39 bits per heavy atom. The third-order valence-electron chi connectivity index (χ3n) is 2.93. The topological polar surface area (TPSA) is 38.7 Å². The van der Waals surface area contributed by atoms with E-state index in [4.69, 9.17) is 9.47 Å². The van der Waals surface area contributed by atoms with Crippen molar-refractivity contribution in [2.75, 3.05) is 14.2 Å². The van der Waals surface area contributed by atoms with Gasteiger partial charge in [0.1, 0.15) is 6.10 Å². The number of benzene rings is 1. The van der Waals surface area contributed by atoms with Crippen LogP contribution in [0.25, 0.3) is 0 Å². The fourth-order valence-corrected chi connectivity index (χ4v) is 2.58. The van der Waals surface area contributed by atoms with E-state index in [1.807, 2.05) is 35.9 Å². The average molecular weight is 264 g/mol. The van der Waals surface area contributed by atoms with Crippen LogP contribution in [0.3, 0.4) is 0 Å². The van der Waals surface area contributed by atoms with Crippen LogP contribution in [0.4, 0.5) is 0 Å². The number of hydrogen-bond donors (Lipinski definition) is 1. The quantitative estimate of drug-likeness (QED) is 0.922. The average Bonchev–Trinajstić information content (AvgIpc) is 2.91. The molecule has 1 aromatic carbocycles. The van der Waals surface area contributed by atoms with E-state index in [-0.39, 0.29) is 0 Å². The predicted octanol–water partition coefficient (Wildman–Crippen LogP) is 3.16. The zero-order chi connectivity index (χ0) is 13.1. The van der Waals surface area contributed by atoms with Crippen LogP contribution in [-0.4, -0.2) is 19.3 Å². The first kappa shape index (κ1) is 12.9. The van der Waals surface area contributed by atoms with E-state index in [1.165, 1.54) is 0 Å². The third kappa shape index (κ3) is 2.35. The second-order valence-electron chi connectivity index (χ2n) is 4.02. The highest BCUT2D eigenvalue weighted by Gasteiger charge is 2.16. The third-order valence-corrected chi connectivity index (χ3v) is 3.63. The summed E-state index contributed by atoms with van der Waals surface area (Å²) < 4.78 is 10.5. The van der Waals surface area contributed by atoms with Crippen molar-refractivity contribution >= 4 is 11.3 Å². The number of aryl methyl sites for hydroxylation is 1. The molecule has 1 heterocycles. The van der Waals surface area contributed by atoms with Crippen LogP contribution in [0, 0.1) is 6.92 Å². The molecule has 3 nitrogen and oxygen atoms in total. The Kier molecular flexibility index (Phi) is 3.89. The van der Waals surface area contributed by atoms with Gasteiger partial charge in [-0.15, -0.1) is 0 Å². The minimum Gasteiger partial charge on any atom is -0.493 e. The molecule has 0 aliphatic rings. The maximum absolute atomic E-state index is 10.4. The van der Waals surface area contributed by atoms with Crippen molar-refractivity contribution in [1.82, 2.24) is 0 Å². The molecule has 0 aliphatic heterocycles. The number of hydrogen-bond acceptors (Lipinski definition) is 4. The SMILES string of the molecule is COc1cc(C)c(C(O)c2ccsc2)cc1OC. The Bertz CT molecular complexity index is 520. The summed E-state index contributed by atoms with van der Waals surface area (Å²) in [4.78, 5) is 0. The first-order valence-electron chi connectivity index (χ1n) is 5.60. The van der Waals surface area contributed by atoms with Gasteiger partial charge in [-0.1, -0.05) is 0 Å². The number of methoxy groups -OCH3 is 2. The van der Waals surface area contributed by atoms with E-state index >= 15 is 0 Å². The standard InChI is InChI=1S/C14H16O3S/c1-9-6-12(16-2)13(17-3)7-11(9)14(15)10-4-5-18-8-10/h4-8,14-15H,1-3H3. The maximum Gasteiger partial charge on any atom is 0.161 e. The van der Waals surface area contributed by atoms with Crippen molar-refractivity contribution < 1.29 is 14.6 Å². The molecule has 4 heteroatoms. The highest BCUT2D eigenvalue weighted by molar-refractivity contribution is 7.07. The smallest absolute Gasteiger partial charge is 0.161 e. The van der Waals surface area contributed by atoms with Crippen molar-refractivity contribution in [3.63, 3.8) is 0 Å². The van der Waals surface area contributed by atoms with Gasteiger partial charge in [-0.25, -0.2) is 0 Å². The number of rotatable bonds is 4. The lowest BCUT2D eigenvalue weighted by Gasteiger charge is -2.16. The minimum atomic E-state index is -0.629. The van der Waals surface area contributed by atoms with Gasteiger partial charge in [0.05, 0.1) is 14.2 Å². The zero-order valence-corrected chi connectivity index (χ0v) is 11.5. The molecule has 1 atom stereocenters. The summed E-state index contributed by atoms with van der Waals surface area (Å²) in [7, 11) is 3.19. The number of ether oxygens (including phenoxy) is 2. The van der Waals surface area contributed by atoms with Crippen LogP contribution in [0.1, 0.15) is 22.8 Å². The Morgan fingerprint density at radius 1 is 1.17 bits per heavy atom. The summed E-state index contributed by atoms with van der Waals surface area (Å²) >= 11 is 1.57. The lowest BCUT2D eigenvalue weighted by molar-refractivity contribution is 0.219. The molecule has 0 aliphatic carbocycles. The molecule has 96 valence electrons. The molecule has 1 aromatic heterocycles. The van der Waals surface area contributed by atoms with Gasteiger partial charge in [-0.2, -0.15) is 11.3 Å². The Hall–Kier alpha value is -1.52. The molecule has 2 rings (SSSR count). The van der Waals surface area contributed by atoms with Gasteiger partial charge in [-0.05, 0) is 52.6 Å². The molecule has 0 spiro atoms. The van der Waals surface area contributed by atoms with Gasteiger partial charge in [0, 0.05) is 0 Å². The lowest BCUT2D eigenvalue weighted by atomic mass is 9.98. The summed E-state index contributed by atoms with van der Waals surface area (Å²) in [6.45, 7) is 1.95. The summed E-state index contributed by atoms with van der Waals surface area (Å²) in [5.74, 6) is 1.31. The van der Waals surface area contributed by atoms with E-state index in [9.17, 15) is 5.11 Å². The molecule has 2 aromatic rings. The van der Waals surface area contributed by atoms with E-state index in [0.29, 0.717) is 11.5 Å². The van der Waals surface area contributed by atoms with Gasteiger partial charge in [-0.3, -0.25) is 0 Å². The first-order chi connectivity index (χ1) is 8.67. The van der Waals surface area contributed by atoms with Crippen molar-refractivity contribution in [3.05, 3.63) is 45.6 Å². The largest absolute Gasteiger partial charge is 0.493 e. The number of thiophene rings is 1. The van der Waals surface area contributed by atoms with Gasteiger partial charge < -0.3 is 14.6 Å². The second kappa shape index (κ2) is 5.42. The van der Waals surface area contributed by atoms with Crippen LogP contribution in [0.5, 0.6) is 11.5 Å². The van der Waals surface area contributed by atoms with Crippen LogP contribution in [0.15, 0.2) is 29.0 Å². The molecule has 0 amide bonds. The molecule has 0 bridgehead atoms. The second-order valence-corrected chi connectivity index (χ2v) is 4.80. The van der Waals surface area contributed by atoms with Gasteiger partial charge in [0.25, 0.3) is 0 Å². The van der Waals surface area contributed by atoms with Crippen LogP contribution < -0.4 is 9.47 Å². The monoisotopic (exact) mass is 264 g/mol. The summed E-state index contributed by atoms with van der Waals surface area (Å²) in [6.07, 6.45) is -0.629. The summed E-state index contributed by atoms with van der Waals surface area (Å²) in [5.41, 5.74) is 2.72. The Morgan fingerprint density at radius 2 is 1.83 bits per heavy atom. The summed E-state index contributed by atoms with van der Waals surface area (Å²) in [5, 5.41) is 14.3. The molecule has 1 unspecified atom stereocenters. The molecular weight excluding hydrogens is 248 g/mol. The number of aliphatic hydroxyl groups excluding tert-OH is 1. The molecule has 0 saturated carbocycles. The van der Waals surface area contributed by atoms with Gasteiger partial charge >= 0.3 is 0 Å². The van der Waals surface area contributed by atoms with Crippen molar-refractivity contribution in [1.29, 1.82) is 0 Å². The van der Waals surface area contributed by atoms with Crippen LogP contribution in [-0.2, 0) is 0 Å². The number of aliphatic hydroxyl groups is 1. The van der Waals surface area contributed by atoms with E-state index < -0.39 is 6.10 Å². The zero-order valence-electron chi connectivity index (χ0n) is 10.6. The van der Waals surface area contributed by atoms with E-state index in [1.54, 1.807) is 25.6 Å². The first-order valence-corrected chi connectivity index (χ1v) is 6.54. The normalized spacial score (nSPS) is 12.2. The Balaban J connectivity index is 2.45. The molecule has 0 fully saturated rings. The highest BCUT2D eigenvalue weighted by atomic mass is 32.1. The highest BCUT2D eigenvalue weighted by Crippen LogP contribution is 2.35. The Labute approximate surface area is 111 Å². The molecule has 1 N–H and O–H groups in total. The molecule has 0 radical (unpaired) electrons. The fraction of sp³-hybridized carbons (Fsp3) is 0.286.